The lowest BCUT2D eigenvalue weighted by Gasteiger charge is -2.21. The molecule has 0 amide bonds. The molecule has 0 aromatic heterocycles. The van der Waals surface area contributed by atoms with Crippen LogP contribution in [0.4, 0.5) is 17.1 Å². The number of para-hydroxylation sites is 1. The number of esters is 1. The molecule has 1 aliphatic heterocycles. The maximum atomic E-state index is 12.0. The van der Waals surface area contributed by atoms with E-state index < -0.39 is 10.9 Å². The third-order valence-corrected chi connectivity index (χ3v) is 3.77. The van der Waals surface area contributed by atoms with Gasteiger partial charge in [0.2, 0.25) is 0 Å². The van der Waals surface area contributed by atoms with Crippen LogP contribution in [0.1, 0.15) is 15.9 Å². The van der Waals surface area contributed by atoms with Crippen molar-refractivity contribution < 1.29 is 14.5 Å². The molecule has 0 atom stereocenters. The Labute approximate surface area is 127 Å². The normalized spacial score (nSPS) is 12.9. The van der Waals surface area contributed by atoms with Gasteiger partial charge >= 0.3 is 5.97 Å². The van der Waals surface area contributed by atoms with E-state index in [1.165, 1.54) is 24.8 Å². The van der Waals surface area contributed by atoms with E-state index >= 15 is 0 Å². The van der Waals surface area contributed by atoms with E-state index in [-0.39, 0.29) is 11.3 Å². The van der Waals surface area contributed by atoms with Gasteiger partial charge in [-0.05, 0) is 24.1 Å². The van der Waals surface area contributed by atoms with Crippen LogP contribution < -0.4 is 4.90 Å². The Bertz CT molecular complexity index is 758. The van der Waals surface area contributed by atoms with E-state index in [0.29, 0.717) is 5.69 Å². The summed E-state index contributed by atoms with van der Waals surface area (Å²) in [6.07, 6.45) is 0.869. The monoisotopic (exact) mass is 298 g/mol. The van der Waals surface area contributed by atoms with Gasteiger partial charge in [0.1, 0.15) is 0 Å². The highest BCUT2D eigenvalue weighted by Crippen LogP contribution is 2.37. The lowest BCUT2D eigenvalue weighted by atomic mass is 10.1. The number of nitro benzene ring substituents is 1. The molecular weight excluding hydrogens is 284 g/mol. The van der Waals surface area contributed by atoms with Gasteiger partial charge in [0.15, 0.2) is 0 Å². The molecule has 6 nitrogen and oxygen atoms in total. The number of carbonyl (C=O) groups is 1. The van der Waals surface area contributed by atoms with Gasteiger partial charge in [-0.1, -0.05) is 18.2 Å². The van der Waals surface area contributed by atoms with Crippen LogP contribution in [0.3, 0.4) is 0 Å². The summed E-state index contributed by atoms with van der Waals surface area (Å²) in [5.41, 5.74) is 2.91. The molecule has 0 N–H and O–H groups in total. The van der Waals surface area contributed by atoms with Crippen LogP contribution in [0, 0.1) is 10.1 Å². The fraction of sp³-hybridized carbons (Fsp3) is 0.188. The highest BCUT2D eigenvalue weighted by Gasteiger charge is 2.26. The van der Waals surface area contributed by atoms with E-state index in [1.54, 1.807) is 6.07 Å². The maximum Gasteiger partial charge on any atom is 0.340 e. The molecule has 0 fully saturated rings. The molecule has 0 aliphatic carbocycles. The fourth-order valence-corrected chi connectivity index (χ4v) is 2.73. The van der Waals surface area contributed by atoms with Crippen molar-refractivity contribution in [1.82, 2.24) is 0 Å². The molecule has 112 valence electrons. The lowest BCUT2D eigenvalue weighted by Crippen LogP contribution is -2.17. The number of hydrogen-bond acceptors (Lipinski definition) is 5. The third kappa shape index (κ3) is 2.28. The Morgan fingerprint density at radius 1 is 1.23 bits per heavy atom. The number of rotatable bonds is 3. The Kier molecular flexibility index (Phi) is 3.50. The number of hydrogen-bond donors (Lipinski definition) is 0. The van der Waals surface area contributed by atoms with Crippen LogP contribution in [0.5, 0.6) is 0 Å². The van der Waals surface area contributed by atoms with E-state index in [2.05, 4.69) is 0 Å². The highest BCUT2D eigenvalue weighted by atomic mass is 16.6. The number of fused-ring (bicyclic) bond motifs is 1. The second kappa shape index (κ2) is 5.48. The minimum Gasteiger partial charge on any atom is -0.465 e. The predicted octanol–water partition coefficient (Wildman–Crippen LogP) is 3.08. The fourth-order valence-electron chi connectivity index (χ4n) is 2.73. The molecule has 1 aliphatic rings. The topological polar surface area (TPSA) is 72.7 Å². The molecule has 0 saturated heterocycles. The van der Waals surface area contributed by atoms with Gasteiger partial charge < -0.3 is 9.64 Å². The van der Waals surface area contributed by atoms with E-state index in [4.69, 9.17) is 4.74 Å². The Hall–Kier alpha value is -2.89. The number of nitrogens with zero attached hydrogens (tertiary/aromatic N) is 2. The molecule has 0 radical (unpaired) electrons. The summed E-state index contributed by atoms with van der Waals surface area (Å²) in [6.45, 7) is 0.723. The first-order valence-electron chi connectivity index (χ1n) is 6.84. The molecule has 1 heterocycles. The van der Waals surface area contributed by atoms with Gasteiger partial charge in [-0.15, -0.1) is 0 Å². The molecule has 2 aromatic rings. The summed E-state index contributed by atoms with van der Waals surface area (Å²) >= 11 is 0. The number of carbonyl (C=O) groups excluding carboxylic acids is 1. The Morgan fingerprint density at radius 3 is 2.73 bits per heavy atom. The SMILES string of the molecule is COC(=O)c1cc([N+](=O)[O-])ccc1N1CCc2ccccc21. The first kappa shape index (κ1) is 14.1. The molecule has 6 heteroatoms. The summed E-state index contributed by atoms with van der Waals surface area (Å²) in [4.78, 5) is 24.4. The smallest absolute Gasteiger partial charge is 0.340 e. The quantitative estimate of drug-likeness (QED) is 0.494. The molecule has 22 heavy (non-hydrogen) atoms. The van der Waals surface area contributed by atoms with Gasteiger partial charge in [0.05, 0.1) is 23.3 Å². The van der Waals surface area contributed by atoms with Gasteiger partial charge in [-0.25, -0.2) is 4.79 Å². The molecule has 0 spiro atoms. The summed E-state index contributed by atoms with van der Waals surface area (Å²) in [7, 11) is 1.27. The molecule has 0 unspecified atom stereocenters. The van der Waals surface area contributed by atoms with Crippen LogP contribution in [-0.4, -0.2) is 24.5 Å². The van der Waals surface area contributed by atoms with E-state index in [0.717, 1.165) is 18.7 Å². The third-order valence-electron chi connectivity index (χ3n) is 3.77. The minimum atomic E-state index is -0.580. The first-order valence-corrected chi connectivity index (χ1v) is 6.84. The zero-order valence-electron chi connectivity index (χ0n) is 12.0. The second-order valence-corrected chi connectivity index (χ2v) is 4.98. The van der Waals surface area contributed by atoms with Gasteiger partial charge in [-0.2, -0.15) is 0 Å². The average molecular weight is 298 g/mol. The number of nitro groups is 1. The number of ether oxygens (including phenoxy) is 1. The second-order valence-electron chi connectivity index (χ2n) is 4.98. The van der Waals surface area contributed by atoms with Crippen molar-refractivity contribution in [3.05, 3.63) is 63.7 Å². The van der Waals surface area contributed by atoms with E-state index in [9.17, 15) is 14.9 Å². The standard InChI is InChI=1S/C16H14N2O4/c1-22-16(19)13-10-12(18(20)21)6-7-15(13)17-9-8-11-4-2-3-5-14(11)17/h2-7,10H,8-9H2,1H3. The summed E-state index contributed by atoms with van der Waals surface area (Å²) < 4.78 is 4.77. The van der Waals surface area contributed by atoms with Crippen molar-refractivity contribution in [3.8, 4) is 0 Å². The number of methoxy groups -OCH3 is 1. The zero-order chi connectivity index (χ0) is 15.7. The van der Waals surface area contributed by atoms with Crippen molar-refractivity contribution in [3.63, 3.8) is 0 Å². The predicted molar refractivity (Wildman–Crippen MR) is 81.6 cm³/mol. The number of benzene rings is 2. The molecule has 0 bridgehead atoms. The first-order chi connectivity index (χ1) is 10.6. The largest absolute Gasteiger partial charge is 0.465 e. The Balaban J connectivity index is 2.11. The van der Waals surface area contributed by atoms with Crippen LogP contribution in [0.25, 0.3) is 0 Å². The van der Waals surface area contributed by atoms with Crippen molar-refractivity contribution in [2.45, 2.75) is 6.42 Å². The number of non-ortho nitro benzene ring substituents is 1. The Morgan fingerprint density at radius 2 is 2.00 bits per heavy atom. The molecular formula is C16H14N2O4. The van der Waals surface area contributed by atoms with Crippen LogP contribution >= 0.6 is 0 Å². The summed E-state index contributed by atoms with van der Waals surface area (Å²) in [5.74, 6) is -0.580. The zero-order valence-corrected chi connectivity index (χ0v) is 12.0. The van der Waals surface area contributed by atoms with Gasteiger partial charge in [0, 0.05) is 24.4 Å². The summed E-state index contributed by atoms with van der Waals surface area (Å²) in [5, 5.41) is 10.9. The summed E-state index contributed by atoms with van der Waals surface area (Å²) in [6, 6.07) is 12.2. The van der Waals surface area contributed by atoms with Crippen LogP contribution in [-0.2, 0) is 11.2 Å². The van der Waals surface area contributed by atoms with Crippen LogP contribution in [0.2, 0.25) is 0 Å². The highest BCUT2D eigenvalue weighted by molar-refractivity contribution is 5.98. The van der Waals surface area contributed by atoms with Crippen molar-refractivity contribution in [2.75, 3.05) is 18.6 Å². The minimum absolute atomic E-state index is 0.128. The van der Waals surface area contributed by atoms with Crippen molar-refractivity contribution >= 4 is 23.0 Å². The number of anilines is 2. The lowest BCUT2D eigenvalue weighted by molar-refractivity contribution is -0.384. The maximum absolute atomic E-state index is 12.0. The van der Waals surface area contributed by atoms with Gasteiger partial charge in [-0.3, -0.25) is 10.1 Å². The van der Waals surface area contributed by atoms with Gasteiger partial charge in [0.25, 0.3) is 5.69 Å². The van der Waals surface area contributed by atoms with E-state index in [1.807, 2.05) is 29.2 Å². The molecule has 2 aromatic carbocycles. The molecule has 3 rings (SSSR count). The van der Waals surface area contributed by atoms with Crippen LogP contribution in [0.15, 0.2) is 42.5 Å². The van der Waals surface area contributed by atoms with Crippen molar-refractivity contribution in [2.24, 2.45) is 0 Å². The average Bonchev–Trinajstić information content (AvgIpc) is 2.97. The molecule has 0 saturated carbocycles. The van der Waals surface area contributed by atoms with Crippen molar-refractivity contribution in [1.29, 1.82) is 0 Å².